The number of benzene rings is 2. The highest BCUT2D eigenvalue weighted by atomic mass is 32.2. The second-order valence-electron chi connectivity index (χ2n) is 7.19. The summed E-state index contributed by atoms with van der Waals surface area (Å²) in [6.45, 7) is 1.35. The maximum absolute atomic E-state index is 13.3. The molecule has 1 saturated heterocycles. The lowest BCUT2D eigenvalue weighted by atomic mass is 9.95. The van der Waals surface area contributed by atoms with Gasteiger partial charge in [-0.3, -0.25) is 4.31 Å². The molecule has 8 heteroatoms. The molecule has 0 spiro atoms. The number of fused-ring (bicyclic) bond motifs is 1. The zero-order valence-electron chi connectivity index (χ0n) is 15.4. The van der Waals surface area contributed by atoms with Crippen LogP contribution in [0.4, 0.5) is 21.9 Å². The number of carbonyl (C=O) groups is 1. The highest BCUT2D eigenvalue weighted by molar-refractivity contribution is 7.95. The molecule has 2 aliphatic heterocycles. The van der Waals surface area contributed by atoms with E-state index in [4.69, 9.17) is 0 Å². The maximum Gasteiger partial charge on any atom is 0.407 e. The van der Waals surface area contributed by atoms with Crippen molar-refractivity contribution < 1.29 is 18.3 Å². The van der Waals surface area contributed by atoms with Crippen LogP contribution in [0, 0.1) is 5.92 Å². The van der Waals surface area contributed by atoms with Crippen LogP contribution in [0.3, 0.4) is 0 Å². The molecule has 2 aromatic carbocycles. The summed E-state index contributed by atoms with van der Waals surface area (Å²) in [5.41, 5.74) is 1.91. The van der Waals surface area contributed by atoms with E-state index in [2.05, 4.69) is 0 Å². The van der Waals surface area contributed by atoms with Crippen molar-refractivity contribution >= 4 is 33.4 Å². The quantitative estimate of drug-likeness (QED) is 0.848. The van der Waals surface area contributed by atoms with Crippen LogP contribution in [0.5, 0.6) is 0 Å². The van der Waals surface area contributed by atoms with E-state index in [9.17, 15) is 18.3 Å². The van der Waals surface area contributed by atoms with Crippen molar-refractivity contribution in [2.75, 3.05) is 28.2 Å². The Bertz CT molecular complexity index is 964. The van der Waals surface area contributed by atoms with E-state index in [-0.39, 0.29) is 5.92 Å². The predicted molar refractivity (Wildman–Crippen MR) is 108 cm³/mol. The average Bonchev–Trinajstić information content (AvgIpc) is 2.93. The van der Waals surface area contributed by atoms with E-state index in [0.29, 0.717) is 43.1 Å². The second kappa shape index (κ2) is 7.35. The lowest BCUT2D eigenvalue weighted by Gasteiger charge is -2.31. The minimum absolute atomic E-state index is 0.165. The summed E-state index contributed by atoms with van der Waals surface area (Å²) in [6.07, 6.45) is 1.46. The molecule has 148 valence electrons. The fraction of sp³-hybridized carbons (Fsp3) is 0.350. The Hall–Kier alpha value is -2.74. The van der Waals surface area contributed by atoms with Gasteiger partial charge in [0.05, 0.1) is 17.1 Å². The number of para-hydroxylation sites is 3. The Morgan fingerprint density at radius 2 is 1.71 bits per heavy atom. The lowest BCUT2D eigenvalue weighted by molar-refractivity contribution is 0.119. The van der Waals surface area contributed by atoms with Crippen LogP contribution in [-0.4, -0.2) is 44.2 Å². The van der Waals surface area contributed by atoms with Gasteiger partial charge in [0.25, 0.3) is 0 Å². The average molecular weight is 401 g/mol. The smallest absolute Gasteiger partial charge is 0.407 e. The normalized spacial score (nSPS) is 20.9. The molecular formula is C20H23N3O4S. The van der Waals surface area contributed by atoms with E-state index in [1.807, 2.05) is 42.5 Å². The van der Waals surface area contributed by atoms with Crippen LogP contribution < -0.4 is 8.61 Å². The van der Waals surface area contributed by atoms with Gasteiger partial charge < -0.3 is 10.0 Å². The van der Waals surface area contributed by atoms with Gasteiger partial charge in [-0.15, -0.1) is 0 Å². The van der Waals surface area contributed by atoms with Gasteiger partial charge in [-0.2, -0.15) is 8.42 Å². The van der Waals surface area contributed by atoms with Crippen molar-refractivity contribution in [1.29, 1.82) is 0 Å². The number of hydrogen-bond acceptors (Lipinski definition) is 3. The molecule has 0 aliphatic carbocycles. The molecule has 2 aromatic rings. The number of piperidine rings is 1. The molecule has 1 fully saturated rings. The van der Waals surface area contributed by atoms with Crippen molar-refractivity contribution in [3.8, 4) is 0 Å². The number of nitrogens with zero attached hydrogens (tertiary/aromatic N) is 3. The largest absolute Gasteiger partial charge is 0.465 e. The topological polar surface area (TPSA) is 81.2 Å². The van der Waals surface area contributed by atoms with Crippen molar-refractivity contribution in [3.63, 3.8) is 0 Å². The van der Waals surface area contributed by atoms with Gasteiger partial charge in [-0.05, 0) is 49.4 Å². The summed E-state index contributed by atoms with van der Waals surface area (Å²) < 4.78 is 29.5. The van der Waals surface area contributed by atoms with E-state index < -0.39 is 16.3 Å². The molecule has 2 aliphatic rings. The van der Waals surface area contributed by atoms with Crippen LogP contribution in [0.15, 0.2) is 54.6 Å². The van der Waals surface area contributed by atoms with Gasteiger partial charge in [0.15, 0.2) is 0 Å². The fourth-order valence-electron chi connectivity index (χ4n) is 4.04. The summed E-state index contributed by atoms with van der Waals surface area (Å²) in [5, 5.41) is 9.22. The zero-order chi connectivity index (χ0) is 19.7. The first kappa shape index (κ1) is 18.6. The molecule has 0 bridgehead atoms. The fourth-order valence-corrected chi connectivity index (χ4v) is 5.77. The molecule has 1 amide bonds. The summed E-state index contributed by atoms with van der Waals surface area (Å²) >= 11 is 0. The Morgan fingerprint density at radius 1 is 1.04 bits per heavy atom. The molecule has 4 rings (SSSR count). The SMILES string of the molecule is O=C(O)N1CCC[C@H](CCN2c3ccccc3N(c3ccccc3)S2(=O)=O)C1. The molecule has 2 heterocycles. The van der Waals surface area contributed by atoms with E-state index in [0.717, 1.165) is 12.8 Å². The van der Waals surface area contributed by atoms with Gasteiger partial charge in [0.1, 0.15) is 0 Å². The molecule has 1 atom stereocenters. The lowest BCUT2D eigenvalue weighted by Crippen LogP contribution is -2.41. The molecule has 0 aromatic heterocycles. The van der Waals surface area contributed by atoms with E-state index in [1.54, 1.807) is 12.1 Å². The van der Waals surface area contributed by atoms with Gasteiger partial charge in [0.2, 0.25) is 0 Å². The second-order valence-corrected chi connectivity index (χ2v) is 8.90. The monoisotopic (exact) mass is 401 g/mol. The molecule has 28 heavy (non-hydrogen) atoms. The number of amides is 1. The van der Waals surface area contributed by atoms with E-state index >= 15 is 0 Å². The van der Waals surface area contributed by atoms with Crippen molar-refractivity contribution in [3.05, 3.63) is 54.6 Å². The maximum atomic E-state index is 13.3. The standard InChI is InChI=1S/C20H23N3O4S/c24-20(25)21-13-6-7-16(15-21)12-14-22-18-10-4-5-11-19(18)23(28(22,26)27)17-8-2-1-3-9-17/h1-5,8-11,16H,6-7,12-15H2,(H,24,25)/t16-/m1/s1. The van der Waals surface area contributed by atoms with Crippen LogP contribution >= 0.6 is 0 Å². The molecule has 1 N–H and O–H groups in total. The molecule has 0 unspecified atom stereocenters. The van der Waals surface area contributed by atoms with Crippen molar-refractivity contribution in [1.82, 2.24) is 4.90 Å². The number of carboxylic acid groups (broad SMARTS) is 1. The van der Waals surface area contributed by atoms with Crippen molar-refractivity contribution in [2.45, 2.75) is 19.3 Å². The molecule has 0 saturated carbocycles. The van der Waals surface area contributed by atoms with Crippen LogP contribution in [0.25, 0.3) is 0 Å². The van der Waals surface area contributed by atoms with Crippen molar-refractivity contribution in [2.24, 2.45) is 5.92 Å². The Balaban J connectivity index is 1.58. The van der Waals surface area contributed by atoms with Gasteiger partial charge >= 0.3 is 16.3 Å². The predicted octanol–water partition coefficient (Wildman–Crippen LogP) is 3.67. The zero-order valence-corrected chi connectivity index (χ0v) is 16.3. The van der Waals surface area contributed by atoms with Crippen LogP contribution in [-0.2, 0) is 10.2 Å². The highest BCUT2D eigenvalue weighted by Crippen LogP contribution is 2.45. The van der Waals surface area contributed by atoms with Crippen LogP contribution in [0.1, 0.15) is 19.3 Å². The van der Waals surface area contributed by atoms with Gasteiger partial charge in [-0.25, -0.2) is 9.10 Å². The molecular weight excluding hydrogens is 378 g/mol. The molecule has 0 radical (unpaired) electrons. The third-order valence-electron chi connectivity index (χ3n) is 5.40. The Morgan fingerprint density at radius 3 is 2.43 bits per heavy atom. The van der Waals surface area contributed by atoms with E-state index in [1.165, 1.54) is 13.5 Å². The third kappa shape index (κ3) is 3.28. The summed E-state index contributed by atoms with van der Waals surface area (Å²) in [4.78, 5) is 12.7. The summed E-state index contributed by atoms with van der Waals surface area (Å²) in [6, 6.07) is 16.4. The number of hydrogen-bond donors (Lipinski definition) is 1. The van der Waals surface area contributed by atoms with Gasteiger partial charge in [0, 0.05) is 19.6 Å². The summed E-state index contributed by atoms with van der Waals surface area (Å²) in [7, 11) is -3.73. The molecule has 7 nitrogen and oxygen atoms in total. The Kier molecular flexibility index (Phi) is 4.89. The highest BCUT2D eigenvalue weighted by Gasteiger charge is 2.41. The minimum atomic E-state index is -3.73. The summed E-state index contributed by atoms with van der Waals surface area (Å²) in [5.74, 6) is 0.165. The number of rotatable bonds is 4. The Labute approximate surface area is 165 Å². The third-order valence-corrected chi connectivity index (χ3v) is 7.20. The van der Waals surface area contributed by atoms with Crippen LogP contribution in [0.2, 0.25) is 0 Å². The minimum Gasteiger partial charge on any atom is -0.465 e. The number of anilines is 3. The number of likely N-dealkylation sites (tertiary alicyclic amines) is 1. The first-order chi connectivity index (χ1) is 13.5. The first-order valence-corrected chi connectivity index (χ1v) is 10.8. The first-order valence-electron chi connectivity index (χ1n) is 9.43. The van der Waals surface area contributed by atoms with Gasteiger partial charge in [-0.1, -0.05) is 30.3 Å².